The highest BCUT2D eigenvalue weighted by Crippen LogP contribution is 2.12. The van der Waals surface area contributed by atoms with Crippen LogP contribution in [0.15, 0.2) is 30.7 Å². The molecule has 0 aromatic carbocycles. The SMILES string of the molecule is CCCNC(=O)c1ccc(NCC(O)c2cnn(C)c2)nc1. The lowest BCUT2D eigenvalue weighted by Gasteiger charge is -2.11. The molecule has 0 aliphatic rings. The Bertz CT molecular complexity index is 609. The summed E-state index contributed by atoms with van der Waals surface area (Å²) in [6, 6.07) is 3.42. The van der Waals surface area contributed by atoms with Crippen LogP contribution in [0.3, 0.4) is 0 Å². The van der Waals surface area contributed by atoms with E-state index in [1.54, 1.807) is 36.3 Å². The first-order chi connectivity index (χ1) is 10.6. The molecule has 0 saturated heterocycles. The molecule has 0 spiro atoms. The largest absolute Gasteiger partial charge is 0.386 e. The number of nitrogens with zero attached hydrogens (tertiary/aromatic N) is 3. The highest BCUT2D eigenvalue weighted by Gasteiger charge is 2.10. The first-order valence-electron chi connectivity index (χ1n) is 7.25. The lowest BCUT2D eigenvalue weighted by atomic mass is 10.2. The Labute approximate surface area is 129 Å². The number of aliphatic hydroxyl groups excluding tert-OH is 1. The van der Waals surface area contributed by atoms with E-state index in [0.29, 0.717) is 24.5 Å². The fourth-order valence-electron chi connectivity index (χ4n) is 1.90. The number of hydrogen-bond acceptors (Lipinski definition) is 5. The molecule has 0 aliphatic heterocycles. The Morgan fingerprint density at radius 3 is 2.82 bits per heavy atom. The molecule has 3 N–H and O–H groups in total. The summed E-state index contributed by atoms with van der Waals surface area (Å²) in [5, 5.41) is 19.9. The Morgan fingerprint density at radius 1 is 1.41 bits per heavy atom. The number of anilines is 1. The first kappa shape index (κ1) is 16.0. The smallest absolute Gasteiger partial charge is 0.252 e. The van der Waals surface area contributed by atoms with Gasteiger partial charge < -0.3 is 15.7 Å². The van der Waals surface area contributed by atoms with E-state index in [1.807, 2.05) is 6.92 Å². The van der Waals surface area contributed by atoms with Crippen LogP contribution in [0.2, 0.25) is 0 Å². The van der Waals surface area contributed by atoms with Crippen molar-refractivity contribution in [1.29, 1.82) is 0 Å². The van der Waals surface area contributed by atoms with Crippen molar-refractivity contribution in [3.63, 3.8) is 0 Å². The summed E-state index contributed by atoms with van der Waals surface area (Å²) < 4.78 is 1.64. The van der Waals surface area contributed by atoms with Gasteiger partial charge >= 0.3 is 0 Å². The summed E-state index contributed by atoms with van der Waals surface area (Å²) in [4.78, 5) is 15.9. The molecule has 0 bridgehead atoms. The molecular formula is C15H21N5O2. The number of nitrogens with one attached hydrogen (secondary N) is 2. The fourth-order valence-corrected chi connectivity index (χ4v) is 1.90. The summed E-state index contributed by atoms with van der Waals surface area (Å²) in [5.74, 6) is 0.478. The van der Waals surface area contributed by atoms with E-state index in [0.717, 1.165) is 12.0 Å². The van der Waals surface area contributed by atoms with Crippen LogP contribution in [-0.4, -0.2) is 38.9 Å². The van der Waals surface area contributed by atoms with Crippen molar-refractivity contribution < 1.29 is 9.90 Å². The average molecular weight is 303 g/mol. The Hall–Kier alpha value is -2.41. The third kappa shape index (κ3) is 4.29. The quantitative estimate of drug-likeness (QED) is 0.712. The molecule has 2 aromatic heterocycles. The molecule has 1 atom stereocenters. The van der Waals surface area contributed by atoms with Crippen LogP contribution in [0.5, 0.6) is 0 Å². The van der Waals surface area contributed by atoms with Gasteiger partial charge in [0.25, 0.3) is 5.91 Å². The van der Waals surface area contributed by atoms with E-state index in [4.69, 9.17) is 0 Å². The van der Waals surface area contributed by atoms with Gasteiger partial charge in [-0.25, -0.2) is 4.98 Å². The molecule has 2 rings (SSSR count). The predicted molar refractivity (Wildman–Crippen MR) is 83.5 cm³/mol. The third-order valence-corrected chi connectivity index (χ3v) is 3.15. The topological polar surface area (TPSA) is 92.1 Å². The molecular weight excluding hydrogens is 282 g/mol. The van der Waals surface area contributed by atoms with E-state index in [1.165, 1.54) is 6.20 Å². The van der Waals surface area contributed by atoms with Crippen LogP contribution in [0, 0.1) is 0 Å². The van der Waals surface area contributed by atoms with Crippen molar-refractivity contribution in [3.8, 4) is 0 Å². The van der Waals surface area contributed by atoms with Gasteiger partial charge in [-0.3, -0.25) is 9.48 Å². The lowest BCUT2D eigenvalue weighted by molar-refractivity contribution is 0.0953. The number of aromatic nitrogens is 3. The minimum Gasteiger partial charge on any atom is -0.386 e. The third-order valence-electron chi connectivity index (χ3n) is 3.15. The maximum Gasteiger partial charge on any atom is 0.252 e. The number of amides is 1. The summed E-state index contributed by atoms with van der Waals surface area (Å²) in [7, 11) is 1.80. The molecule has 0 aliphatic carbocycles. The van der Waals surface area contributed by atoms with Gasteiger partial charge in [0, 0.05) is 38.1 Å². The standard InChI is InChI=1S/C15H21N5O2/c1-3-6-16-15(22)11-4-5-14(17-7-11)18-9-13(21)12-8-19-20(2)10-12/h4-5,7-8,10,13,21H,3,6,9H2,1-2H3,(H,16,22)(H,17,18). The maximum atomic E-state index is 11.7. The van der Waals surface area contributed by atoms with Gasteiger partial charge in [0.2, 0.25) is 0 Å². The average Bonchev–Trinajstić information content (AvgIpc) is 2.97. The van der Waals surface area contributed by atoms with Gasteiger partial charge in [0.05, 0.1) is 17.9 Å². The maximum absolute atomic E-state index is 11.7. The van der Waals surface area contributed by atoms with Crippen LogP contribution in [-0.2, 0) is 7.05 Å². The molecule has 0 radical (unpaired) electrons. The van der Waals surface area contributed by atoms with Gasteiger partial charge in [0.15, 0.2) is 0 Å². The lowest BCUT2D eigenvalue weighted by Crippen LogP contribution is -2.24. The second kappa shape index (κ2) is 7.56. The number of carbonyl (C=O) groups is 1. The van der Waals surface area contributed by atoms with Gasteiger partial charge in [-0.05, 0) is 18.6 Å². The van der Waals surface area contributed by atoms with Crippen LogP contribution < -0.4 is 10.6 Å². The Morgan fingerprint density at radius 2 is 2.23 bits per heavy atom. The van der Waals surface area contributed by atoms with Crippen LogP contribution in [0.25, 0.3) is 0 Å². The minimum atomic E-state index is -0.664. The molecule has 118 valence electrons. The summed E-state index contributed by atoms with van der Waals surface area (Å²) in [5.41, 5.74) is 1.26. The first-order valence-corrected chi connectivity index (χ1v) is 7.25. The Kier molecular flexibility index (Phi) is 5.48. The zero-order valence-corrected chi connectivity index (χ0v) is 12.8. The van der Waals surface area contributed by atoms with Gasteiger partial charge in [-0.2, -0.15) is 5.10 Å². The number of pyridine rings is 1. The van der Waals surface area contributed by atoms with E-state index in [-0.39, 0.29) is 5.91 Å². The highest BCUT2D eigenvalue weighted by atomic mass is 16.3. The van der Waals surface area contributed by atoms with Crippen LogP contribution >= 0.6 is 0 Å². The normalized spacial score (nSPS) is 12.0. The predicted octanol–water partition coefficient (Wildman–Crippen LogP) is 1.10. The zero-order chi connectivity index (χ0) is 15.9. The summed E-state index contributed by atoms with van der Waals surface area (Å²) >= 11 is 0. The molecule has 1 amide bonds. The highest BCUT2D eigenvalue weighted by molar-refractivity contribution is 5.93. The fraction of sp³-hybridized carbons (Fsp3) is 0.400. The second-order valence-electron chi connectivity index (χ2n) is 5.03. The number of rotatable bonds is 7. The molecule has 2 heterocycles. The summed E-state index contributed by atoms with van der Waals surface area (Å²) in [6.45, 7) is 2.97. The van der Waals surface area contributed by atoms with Crippen molar-refractivity contribution in [2.24, 2.45) is 7.05 Å². The monoisotopic (exact) mass is 303 g/mol. The molecule has 0 fully saturated rings. The van der Waals surface area contributed by atoms with E-state index >= 15 is 0 Å². The second-order valence-corrected chi connectivity index (χ2v) is 5.03. The van der Waals surface area contributed by atoms with E-state index < -0.39 is 6.10 Å². The number of aliphatic hydroxyl groups is 1. The molecule has 2 aromatic rings. The zero-order valence-electron chi connectivity index (χ0n) is 12.8. The van der Waals surface area contributed by atoms with Crippen molar-refractivity contribution in [3.05, 3.63) is 41.9 Å². The number of hydrogen-bond donors (Lipinski definition) is 3. The molecule has 1 unspecified atom stereocenters. The molecule has 22 heavy (non-hydrogen) atoms. The van der Waals surface area contributed by atoms with Gasteiger partial charge in [-0.1, -0.05) is 6.92 Å². The molecule has 0 saturated carbocycles. The van der Waals surface area contributed by atoms with Crippen molar-refractivity contribution in [2.75, 3.05) is 18.4 Å². The van der Waals surface area contributed by atoms with Crippen LogP contribution in [0.4, 0.5) is 5.82 Å². The van der Waals surface area contributed by atoms with Crippen molar-refractivity contribution >= 4 is 11.7 Å². The van der Waals surface area contributed by atoms with Gasteiger partial charge in [0.1, 0.15) is 5.82 Å². The van der Waals surface area contributed by atoms with E-state index in [2.05, 4.69) is 20.7 Å². The van der Waals surface area contributed by atoms with E-state index in [9.17, 15) is 9.90 Å². The molecule has 7 nitrogen and oxygen atoms in total. The van der Waals surface area contributed by atoms with Gasteiger partial charge in [-0.15, -0.1) is 0 Å². The number of aryl methyl sites for hydroxylation is 1. The molecule has 7 heteroatoms. The van der Waals surface area contributed by atoms with Crippen molar-refractivity contribution in [2.45, 2.75) is 19.4 Å². The minimum absolute atomic E-state index is 0.128. The Balaban J connectivity index is 1.87. The number of carbonyl (C=O) groups excluding carboxylic acids is 1. The van der Waals surface area contributed by atoms with Crippen LogP contribution in [0.1, 0.15) is 35.4 Å². The van der Waals surface area contributed by atoms with Crippen molar-refractivity contribution in [1.82, 2.24) is 20.1 Å². The summed E-state index contributed by atoms with van der Waals surface area (Å²) in [6.07, 6.45) is 5.14.